The molecule has 0 aliphatic heterocycles. The van der Waals surface area contributed by atoms with Crippen LogP contribution in [0.1, 0.15) is 18.5 Å². The van der Waals surface area contributed by atoms with Gasteiger partial charge in [-0.2, -0.15) is 0 Å². The summed E-state index contributed by atoms with van der Waals surface area (Å²) in [6, 6.07) is 12.8. The fourth-order valence-electron chi connectivity index (χ4n) is 2.97. The number of aromatic amines is 1. The van der Waals surface area contributed by atoms with Crippen LogP contribution in [-0.2, 0) is 16.0 Å². The van der Waals surface area contributed by atoms with Crippen LogP contribution >= 0.6 is 0 Å². The molecule has 0 bridgehead atoms. The third kappa shape index (κ3) is 3.85. The van der Waals surface area contributed by atoms with Crippen LogP contribution in [0.15, 0.2) is 64.2 Å². The molecule has 2 atom stereocenters. The van der Waals surface area contributed by atoms with Gasteiger partial charge < -0.3 is 20.2 Å². The van der Waals surface area contributed by atoms with Gasteiger partial charge in [0.05, 0.1) is 22.9 Å². The van der Waals surface area contributed by atoms with E-state index in [2.05, 4.69) is 10.3 Å². The average Bonchev–Trinajstić information content (AvgIpc) is 2.67. The molecule has 8 heteroatoms. The number of nitrogens with zero attached hydrogens (tertiary/aromatic N) is 1. The number of para-hydroxylation sites is 1. The molecule has 0 saturated carbocycles. The molecule has 0 spiro atoms. The van der Waals surface area contributed by atoms with Crippen molar-refractivity contribution in [1.82, 2.24) is 14.9 Å². The second-order valence-electron chi connectivity index (χ2n) is 6.41. The second kappa shape index (κ2) is 7.91. The number of H-pyrrole nitrogens is 1. The Labute approximate surface area is 159 Å². The molecule has 0 fully saturated rings. The maximum atomic E-state index is 12.9. The van der Waals surface area contributed by atoms with Gasteiger partial charge in [-0.15, -0.1) is 0 Å². The number of rotatable bonds is 6. The smallest absolute Gasteiger partial charge is 0.329 e. The van der Waals surface area contributed by atoms with Crippen molar-refractivity contribution in [2.45, 2.75) is 25.4 Å². The first kappa shape index (κ1) is 19.1. The molecule has 8 nitrogen and oxygen atoms in total. The molecule has 0 aliphatic carbocycles. The Kier molecular flexibility index (Phi) is 5.39. The van der Waals surface area contributed by atoms with Gasteiger partial charge >= 0.3 is 5.69 Å². The van der Waals surface area contributed by atoms with Gasteiger partial charge in [-0.25, -0.2) is 9.36 Å². The molecule has 1 aromatic heterocycles. The number of carboxylic acid groups (broad SMARTS) is 1. The Morgan fingerprint density at radius 1 is 1.07 bits per heavy atom. The summed E-state index contributed by atoms with van der Waals surface area (Å²) in [5.74, 6) is -2.23. The van der Waals surface area contributed by atoms with Crippen LogP contribution in [-0.4, -0.2) is 27.5 Å². The van der Waals surface area contributed by atoms with E-state index in [1.165, 1.54) is 6.92 Å². The quantitative estimate of drug-likeness (QED) is 0.609. The molecule has 144 valence electrons. The number of hydrogen-bond acceptors (Lipinski definition) is 5. The van der Waals surface area contributed by atoms with Crippen LogP contribution in [0.2, 0.25) is 0 Å². The van der Waals surface area contributed by atoms with Crippen molar-refractivity contribution >= 4 is 22.8 Å². The van der Waals surface area contributed by atoms with E-state index in [1.807, 2.05) is 0 Å². The number of aliphatic carboxylic acids is 1. The van der Waals surface area contributed by atoms with Crippen LogP contribution in [0.4, 0.5) is 0 Å². The zero-order valence-corrected chi connectivity index (χ0v) is 15.0. The summed E-state index contributed by atoms with van der Waals surface area (Å²) < 4.78 is 0.826. The molecule has 1 heterocycles. The number of nitrogens with one attached hydrogen (secondary N) is 2. The maximum absolute atomic E-state index is 12.9. The lowest BCUT2D eigenvalue weighted by Gasteiger charge is -2.22. The predicted molar refractivity (Wildman–Crippen MR) is 101 cm³/mol. The largest absolute Gasteiger partial charge is 0.548 e. The van der Waals surface area contributed by atoms with Crippen molar-refractivity contribution in [2.75, 3.05) is 0 Å². The van der Waals surface area contributed by atoms with E-state index in [4.69, 9.17) is 0 Å². The lowest BCUT2D eigenvalue weighted by Crippen LogP contribution is -2.51. The SMILES string of the molecule is C[C@H](NC(=O)[C@H](Cc1ccccc1)n1c(=O)[nH]c2ccccc2c1=O)C(=O)[O-]. The van der Waals surface area contributed by atoms with Crippen molar-refractivity contribution in [2.24, 2.45) is 0 Å². The first-order valence-electron chi connectivity index (χ1n) is 8.67. The highest BCUT2D eigenvalue weighted by molar-refractivity contribution is 5.86. The first-order valence-corrected chi connectivity index (χ1v) is 8.67. The Morgan fingerprint density at radius 3 is 2.39 bits per heavy atom. The number of fused-ring (bicyclic) bond motifs is 1. The zero-order chi connectivity index (χ0) is 20.3. The number of amides is 1. The highest BCUT2D eigenvalue weighted by atomic mass is 16.4. The summed E-state index contributed by atoms with van der Waals surface area (Å²) in [5.41, 5.74) is -0.309. The summed E-state index contributed by atoms with van der Waals surface area (Å²) in [6.07, 6.45) is 0.0355. The molecule has 3 aromatic rings. The van der Waals surface area contributed by atoms with E-state index in [9.17, 15) is 24.3 Å². The van der Waals surface area contributed by atoms with Crippen molar-refractivity contribution < 1.29 is 14.7 Å². The monoisotopic (exact) mass is 380 g/mol. The third-order valence-electron chi connectivity index (χ3n) is 4.44. The highest BCUT2D eigenvalue weighted by Gasteiger charge is 2.26. The number of carbonyl (C=O) groups excluding carboxylic acids is 2. The topological polar surface area (TPSA) is 124 Å². The van der Waals surface area contributed by atoms with Gasteiger partial charge in [0.25, 0.3) is 5.56 Å². The minimum absolute atomic E-state index is 0.0355. The molecule has 3 rings (SSSR count). The summed E-state index contributed by atoms with van der Waals surface area (Å²) in [6.45, 7) is 1.25. The zero-order valence-electron chi connectivity index (χ0n) is 15.0. The predicted octanol–water partition coefficient (Wildman–Crippen LogP) is -0.272. The summed E-state index contributed by atoms with van der Waals surface area (Å²) in [5, 5.41) is 13.5. The fourth-order valence-corrected chi connectivity index (χ4v) is 2.97. The normalized spacial score (nSPS) is 13.0. The molecular weight excluding hydrogens is 362 g/mol. The van der Waals surface area contributed by atoms with E-state index >= 15 is 0 Å². The van der Waals surface area contributed by atoms with Crippen LogP contribution in [0.3, 0.4) is 0 Å². The molecule has 2 N–H and O–H groups in total. The minimum atomic E-state index is -1.47. The Bertz CT molecular complexity index is 1130. The molecule has 0 radical (unpaired) electrons. The van der Waals surface area contributed by atoms with Gasteiger partial charge in [0.1, 0.15) is 6.04 Å². The molecule has 0 saturated heterocycles. The standard InChI is InChI=1S/C20H19N3O5/c1-12(19(26)27)21-17(24)16(11-13-7-3-2-4-8-13)23-18(25)14-9-5-6-10-15(14)22-20(23)28/h2-10,12,16H,11H2,1H3,(H,21,24)(H,22,28)(H,26,27)/p-1/t12-,16-/m0/s1. The van der Waals surface area contributed by atoms with Crippen molar-refractivity contribution in [1.29, 1.82) is 0 Å². The molecule has 28 heavy (non-hydrogen) atoms. The Balaban J connectivity index is 2.12. The van der Waals surface area contributed by atoms with Gasteiger partial charge in [0.2, 0.25) is 5.91 Å². The van der Waals surface area contributed by atoms with Gasteiger partial charge in [-0.05, 0) is 24.6 Å². The van der Waals surface area contributed by atoms with Crippen LogP contribution in [0.5, 0.6) is 0 Å². The van der Waals surface area contributed by atoms with Crippen molar-refractivity contribution in [3.8, 4) is 0 Å². The molecular formula is C20H18N3O5-. The lowest BCUT2D eigenvalue weighted by atomic mass is 10.0. The maximum Gasteiger partial charge on any atom is 0.329 e. The number of carboxylic acids is 1. The van der Waals surface area contributed by atoms with Gasteiger partial charge in [0, 0.05) is 6.42 Å². The van der Waals surface area contributed by atoms with E-state index in [0.29, 0.717) is 11.1 Å². The second-order valence-corrected chi connectivity index (χ2v) is 6.41. The molecule has 2 aromatic carbocycles. The number of carbonyl (C=O) groups is 2. The fraction of sp³-hybridized carbons (Fsp3) is 0.200. The van der Waals surface area contributed by atoms with Gasteiger partial charge in [0.15, 0.2) is 0 Å². The van der Waals surface area contributed by atoms with Gasteiger partial charge in [-0.3, -0.25) is 9.59 Å². The molecule has 1 amide bonds. The number of hydrogen-bond donors (Lipinski definition) is 2. The average molecular weight is 380 g/mol. The Morgan fingerprint density at radius 2 is 1.71 bits per heavy atom. The van der Waals surface area contributed by atoms with E-state index in [1.54, 1.807) is 54.6 Å². The Hall–Kier alpha value is -3.68. The highest BCUT2D eigenvalue weighted by Crippen LogP contribution is 2.14. The number of benzene rings is 2. The van der Waals surface area contributed by atoms with Crippen molar-refractivity contribution in [3.05, 3.63) is 81.0 Å². The van der Waals surface area contributed by atoms with Gasteiger partial charge in [-0.1, -0.05) is 42.5 Å². The third-order valence-corrected chi connectivity index (χ3v) is 4.44. The molecule has 0 aliphatic rings. The minimum Gasteiger partial charge on any atom is -0.548 e. The van der Waals surface area contributed by atoms with E-state index in [0.717, 1.165) is 4.57 Å². The van der Waals surface area contributed by atoms with Crippen LogP contribution in [0.25, 0.3) is 10.9 Å². The van der Waals surface area contributed by atoms with Crippen LogP contribution in [0, 0.1) is 0 Å². The van der Waals surface area contributed by atoms with Crippen molar-refractivity contribution in [3.63, 3.8) is 0 Å². The number of aromatic nitrogens is 2. The first-order chi connectivity index (χ1) is 13.4. The summed E-state index contributed by atoms with van der Waals surface area (Å²) in [7, 11) is 0. The molecule has 0 unspecified atom stereocenters. The summed E-state index contributed by atoms with van der Waals surface area (Å²) in [4.78, 5) is 51.9. The van der Waals surface area contributed by atoms with E-state index < -0.39 is 35.2 Å². The van der Waals surface area contributed by atoms with Crippen LogP contribution < -0.4 is 21.7 Å². The van der Waals surface area contributed by atoms with E-state index in [-0.39, 0.29) is 11.8 Å². The lowest BCUT2D eigenvalue weighted by molar-refractivity contribution is -0.307. The summed E-state index contributed by atoms with van der Waals surface area (Å²) >= 11 is 0.